The second-order valence-electron chi connectivity index (χ2n) is 6.25. The molecule has 1 aliphatic rings. The van der Waals surface area contributed by atoms with Crippen molar-refractivity contribution in [3.05, 3.63) is 20.8 Å². The average molecular weight is 330 g/mol. The van der Waals surface area contributed by atoms with Crippen molar-refractivity contribution in [3.8, 4) is 0 Å². The molecule has 1 atom stereocenters. The van der Waals surface area contributed by atoms with Gasteiger partial charge >= 0.3 is 5.97 Å². The van der Waals surface area contributed by atoms with Crippen molar-refractivity contribution in [1.29, 1.82) is 0 Å². The Bertz CT molecular complexity index is 562. The van der Waals surface area contributed by atoms with E-state index in [4.69, 9.17) is 16.3 Å². The van der Waals surface area contributed by atoms with Crippen LogP contribution in [0.25, 0.3) is 0 Å². The molecule has 0 saturated carbocycles. The van der Waals surface area contributed by atoms with Crippen molar-refractivity contribution >= 4 is 34.8 Å². The minimum Gasteiger partial charge on any atom is -0.458 e. The number of nitrogens with zero attached hydrogens (tertiary/aromatic N) is 1. The molecule has 116 valence electrons. The zero-order chi connectivity index (χ0) is 15.8. The van der Waals surface area contributed by atoms with Crippen molar-refractivity contribution in [2.45, 2.75) is 52.2 Å². The van der Waals surface area contributed by atoms with Crippen molar-refractivity contribution < 1.29 is 14.3 Å². The molecule has 0 aromatic carbocycles. The highest BCUT2D eigenvalue weighted by Gasteiger charge is 2.38. The molecule has 0 unspecified atom stereocenters. The normalized spacial score (nSPS) is 18.9. The molecule has 1 aliphatic heterocycles. The van der Waals surface area contributed by atoms with Gasteiger partial charge in [0.25, 0.3) is 5.91 Å². The summed E-state index contributed by atoms with van der Waals surface area (Å²) in [5.41, 5.74) is 0.337. The lowest BCUT2D eigenvalue weighted by Crippen LogP contribution is -2.43. The van der Waals surface area contributed by atoms with E-state index in [1.165, 1.54) is 11.3 Å². The topological polar surface area (TPSA) is 46.6 Å². The van der Waals surface area contributed by atoms with E-state index in [0.29, 0.717) is 22.9 Å². The van der Waals surface area contributed by atoms with Gasteiger partial charge in [-0.15, -0.1) is 11.3 Å². The summed E-state index contributed by atoms with van der Waals surface area (Å²) in [5, 5.41) is 2.34. The van der Waals surface area contributed by atoms with Gasteiger partial charge in [-0.05, 0) is 51.5 Å². The van der Waals surface area contributed by atoms with Crippen LogP contribution in [0, 0.1) is 6.92 Å². The highest BCUT2D eigenvalue weighted by atomic mass is 35.5. The lowest BCUT2D eigenvalue weighted by Gasteiger charge is -2.27. The van der Waals surface area contributed by atoms with Crippen molar-refractivity contribution in [3.63, 3.8) is 0 Å². The highest BCUT2D eigenvalue weighted by Crippen LogP contribution is 2.31. The molecular formula is C15H20ClNO3S. The standard InChI is InChI=1S/C15H20ClNO3S/c1-9-8-21-12(11(9)16)13(18)17-7-5-6-10(17)14(19)20-15(2,3)4/h8,10H,5-7H2,1-4H3/t10-/m1/s1. The van der Waals surface area contributed by atoms with Crippen LogP contribution >= 0.6 is 22.9 Å². The molecule has 6 heteroatoms. The molecule has 0 aliphatic carbocycles. The SMILES string of the molecule is Cc1csc(C(=O)N2CCC[C@@H]2C(=O)OC(C)(C)C)c1Cl. The van der Waals surface area contributed by atoms with E-state index in [9.17, 15) is 9.59 Å². The van der Waals surface area contributed by atoms with Crippen molar-refractivity contribution in [1.82, 2.24) is 4.90 Å². The molecule has 2 heterocycles. The number of amides is 1. The van der Waals surface area contributed by atoms with E-state index in [1.807, 2.05) is 33.1 Å². The molecule has 0 bridgehead atoms. The maximum Gasteiger partial charge on any atom is 0.329 e. The van der Waals surface area contributed by atoms with Gasteiger partial charge in [0.1, 0.15) is 16.5 Å². The zero-order valence-corrected chi connectivity index (χ0v) is 14.3. The average Bonchev–Trinajstić information content (AvgIpc) is 2.95. The van der Waals surface area contributed by atoms with Crippen molar-refractivity contribution in [2.75, 3.05) is 6.54 Å². The Kier molecular flexibility index (Phi) is 4.63. The van der Waals surface area contributed by atoms with Crippen LogP contribution in [0.5, 0.6) is 0 Å². The molecule has 1 saturated heterocycles. The highest BCUT2D eigenvalue weighted by molar-refractivity contribution is 7.13. The van der Waals surface area contributed by atoms with Gasteiger partial charge in [0.2, 0.25) is 0 Å². The number of esters is 1. The summed E-state index contributed by atoms with van der Waals surface area (Å²) in [7, 11) is 0. The minimum atomic E-state index is -0.550. The molecule has 1 aromatic rings. The largest absolute Gasteiger partial charge is 0.458 e. The third kappa shape index (κ3) is 3.58. The van der Waals surface area contributed by atoms with Crippen LogP contribution in [0.15, 0.2) is 5.38 Å². The number of hydrogen-bond donors (Lipinski definition) is 0. The van der Waals surface area contributed by atoms with E-state index >= 15 is 0 Å². The summed E-state index contributed by atoms with van der Waals surface area (Å²) in [4.78, 5) is 27.0. The number of likely N-dealkylation sites (tertiary alicyclic amines) is 1. The fourth-order valence-electron chi connectivity index (χ4n) is 2.33. The Morgan fingerprint density at radius 3 is 2.62 bits per heavy atom. The number of halogens is 1. The molecule has 0 N–H and O–H groups in total. The molecule has 0 radical (unpaired) electrons. The predicted octanol–water partition coefficient (Wildman–Crippen LogP) is 3.66. The Morgan fingerprint density at radius 2 is 2.10 bits per heavy atom. The predicted molar refractivity (Wildman–Crippen MR) is 84.0 cm³/mol. The number of thiophene rings is 1. The second-order valence-corrected chi connectivity index (χ2v) is 7.51. The van der Waals surface area contributed by atoms with E-state index in [0.717, 1.165) is 12.0 Å². The van der Waals surface area contributed by atoms with Crippen LogP contribution < -0.4 is 0 Å². The molecule has 1 fully saturated rings. The van der Waals surface area contributed by atoms with Crippen LogP contribution in [-0.2, 0) is 9.53 Å². The van der Waals surface area contributed by atoms with Crippen LogP contribution in [0.1, 0.15) is 48.8 Å². The number of carbonyl (C=O) groups excluding carboxylic acids is 2. The second kappa shape index (κ2) is 5.97. The van der Waals surface area contributed by atoms with Gasteiger partial charge in [0.15, 0.2) is 0 Å². The number of aryl methyl sites for hydroxylation is 1. The minimum absolute atomic E-state index is 0.175. The van der Waals surface area contributed by atoms with E-state index in [2.05, 4.69) is 0 Å². The molecule has 21 heavy (non-hydrogen) atoms. The van der Waals surface area contributed by atoms with Gasteiger partial charge < -0.3 is 9.64 Å². The van der Waals surface area contributed by atoms with Gasteiger partial charge in [-0.3, -0.25) is 4.79 Å². The molecule has 1 amide bonds. The van der Waals surface area contributed by atoms with Gasteiger partial charge in [0.05, 0.1) is 5.02 Å². The fraction of sp³-hybridized carbons (Fsp3) is 0.600. The fourth-order valence-corrected chi connectivity index (χ4v) is 3.56. The first-order valence-corrected chi connectivity index (χ1v) is 8.24. The Hall–Kier alpha value is -1.07. The quantitative estimate of drug-likeness (QED) is 0.778. The maximum atomic E-state index is 12.6. The van der Waals surface area contributed by atoms with Gasteiger partial charge in [-0.1, -0.05) is 11.6 Å². The van der Waals surface area contributed by atoms with Gasteiger partial charge in [-0.25, -0.2) is 4.79 Å². The first kappa shape index (κ1) is 16.3. The third-order valence-electron chi connectivity index (χ3n) is 3.29. The summed E-state index contributed by atoms with van der Waals surface area (Å²) >= 11 is 7.49. The summed E-state index contributed by atoms with van der Waals surface area (Å²) in [6.45, 7) is 7.91. The molecule has 0 spiro atoms. The van der Waals surface area contributed by atoms with Gasteiger partial charge in [0, 0.05) is 6.54 Å². The lowest BCUT2D eigenvalue weighted by molar-refractivity contribution is -0.159. The Morgan fingerprint density at radius 1 is 1.43 bits per heavy atom. The first-order chi connectivity index (χ1) is 9.70. The number of rotatable bonds is 2. The van der Waals surface area contributed by atoms with E-state index < -0.39 is 11.6 Å². The number of hydrogen-bond acceptors (Lipinski definition) is 4. The molecule has 4 nitrogen and oxygen atoms in total. The Balaban J connectivity index is 2.17. The summed E-state index contributed by atoms with van der Waals surface area (Å²) < 4.78 is 5.41. The number of carbonyl (C=O) groups is 2. The number of ether oxygens (including phenoxy) is 1. The van der Waals surface area contributed by atoms with Crippen LogP contribution in [0.4, 0.5) is 0 Å². The monoisotopic (exact) mass is 329 g/mol. The molecule has 1 aromatic heterocycles. The van der Waals surface area contributed by atoms with Crippen LogP contribution in [0.3, 0.4) is 0 Å². The van der Waals surface area contributed by atoms with Crippen LogP contribution in [-0.4, -0.2) is 35.0 Å². The zero-order valence-electron chi connectivity index (χ0n) is 12.7. The van der Waals surface area contributed by atoms with E-state index in [1.54, 1.807) is 4.90 Å². The third-order valence-corrected chi connectivity index (χ3v) is 4.97. The molecular weight excluding hydrogens is 310 g/mol. The van der Waals surface area contributed by atoms with E-state index in [-0.39, 0.29) is 11.9 Å². The Labute approximate surface area is 134 Å². The lowest BCUT2D eigenvalue weighted by atomic mass is 10.1. The summed E-state index contributed by atoms with van der Waals surface area (Å²) in [6, 6.07) is -0.504. The van der Waals surface area contributed by atoms with Gasteiger partial charge in [-0.2, -0.15) is 0 Å². The van der Waals surface area contributed by atoms with Crippen LogP contribution in [0.2, 0.25) is 5.02 Å². The maximum absolute atomic E-state index is 12.6. The molecule has 2 rings (SSSR count). The smallest absolute Gasteiger partial charge is 0.329 e. The first-order valence-electron chi connectivity index (χ1n) is 6.98. The summed E-state index contributed by atoms with van der Waals surface area (Å²) in [5.74, 6) is -0.510. The van der Waals surface area contributed by atoms with Crippen molar-refractivity contribution in [2.24, 2.45) is 0 Å². The summed E-state index contributed by atoms with van der Waals surface area (Å²) in [6.07, 6.45) is 1.44.